The lowest BCUT2D eigenvalue weighted by Crippen LogP contribution is -2.03. The van der Waals surface area contributed by atoms with Crippen LogP contribution in [0.2, 0.25) is 10.0 Å². The van der Waals surface area contributed by atoms with E-state index < -0.39 is 5.82 Å². The van der Waals surface area contributed by atoms with Gasteiger partial charge in [0.2, 0.25) is 0 Å². The molecule has 100 valence electrons. The fourth-order valence-electron chi connectivity index (χ4n) is 2.14. The van der Waals surface area contributed by atoms with Gasteiger partial charge in [0.1, 0.15) is 5.82 Å². The van der Waals surface area contributed by atoms with Crippen molar-refractivity contribution in [2.45, 2.75) is 0 Å². The van der Waals surface area contributed by atoms with Gasteiger partial charge in [-0.15, -0.1) is 0 Å². The van der Waals surface area contributed by atoms with Gasteiger partial charge in [0.05, 0.1) is 5.69 Å². The molecule has 0 spiro atoms. The number of benzene rings is 2. The third-order valence-electron chi connectivity index (χ3n) is 2.96. The molecular weight excluding hydrogens is 300 g/mol. The first-order valence-electron chi connectivity index (χ1n) is 5.82. The average Bonchev–Trinajstić information content (AvgIpc) is 2.64. The molecule has 0 fully saturated rings. The number of halogens is 3. The molecule has 3 rings (SSSR count). The van der Waals surface area contributed by atoms with Gasteiger partial charge in [0.25, 0.3) is 5.91 Å². The molecule has 1 N–H and O–H groups in total. The molecule has 0 saturated heterocycles. The molecule has 1 aliphatic heterocycles. The van der Waals surface area contributed by atoms with Crippen LogP contribution in [-0.4, -0.2) is 5.91 Å². The highest BCUT2D eigenvalue weighted by atomic mass is 35.5. The smallest absolute Gasteiger partial charge is 0.256 e. The van der Waals surface area contributed by atoms with Crippen LogP contribution in [-0.2, 0) is 4.79 Å². The molecule has 2 aromatic rings. The summed E-state index contributed by atoms with van der Waals surface area (Å²) in [6.07, 6.45) is 1.60. The topological polar surface area (TPSA) is 29.1 Å². The van der Waals surface area contributed by atoms with Gasteiger partial charge in [-0.3, -0.25) is 4.79 Å². The largest absolute Gasteiger partial charge is 0.321 e. The molecule has 0 bridgehead atoms. The molecule has 2 nitrogen and oxygen atoms in total. The standard InChI is InChI=1S/C15H8Cl2FNO/c16-9-1-2-12-13(15(20)19-14(12)7-9)5-8-3-10(17)6-11(18)4-8/h1-7H,(H,19,20)/b13-5-. The highest BCUT2D eigenvalue weighted by Gasteiger charge is 2.24. The third-order valence-corrected chi connectivity index (χ3v) is 3.41. The van der Waals surface area contributed by atoms with Crippen LogP contribution >= 0.6 is 23.2 Å². The summed E-state index contributed by atoms with van der Waals surface area (Å²) < 4.78 is 13.3. The molecule has 1 amide bonds. The minimum Gasteiger partial charge on any atom is -0.321 e. The Labute approximate surface area is 124 Å². The van der Waals surface area contributed by atoms with Crippen LogP contribution in [0.4, 0.5) is 10.1 Å². The van der Waals surface area contributed by atoms with E-state index in [1.165, 1.54) is 12.1 Å². The Balaban J connectivity index is 2.11. The number of fused-ring (bicyclic) bond motifs is 1. The number of anilines is 1. The fourth-order valence-corrected chi connectivity index (χ4v) is 2.54. The van der Waals surface area contributed by atoms with Crippen LogP contribution in [0, 0.1) is 5.82 Å². The summed E-state index contributed by atoms with van der Waals surface area (Å²) in [6.45, 7) is 0. The Bertz CT molecular complexity index is 735. The van der Waals surface area contributed by atoms with Gasteiger partial charge < -0.3 is 5.32 Å². The van der Waals surface area contributed by atoms with Crippen LogP contribution in [0.3, 0.4) is 0 Å². The van der Waals surface area contributed by atoms with Gasteiger partial charge in [-0.2, -0.15) is 0 Å². The summed E-state index contributed by atoms with van der Waals surface area (Å²) in [5.74, 6) is -0.693. The number of amides is 1. The van der Waals surface area contributed by atoms with E-state index in [4.69, 9.17) is 23.2 Å². The second-order valence-corrected chi connectivity index (χ2v) is 5.28. The molecule has 0 radical (unpaired) electrons. The number of hydrogen-bond donors (Lipinski definition) is 1. The van der Waals surface area contributed by atoms with E-state index in [2.05, 4.69) is 5.32 Å². The van der Waals surface area contributed by atoms with E-state index >= 15 is 0 Å². The predicted molar refractivity (Wildman–Crippen MR) is 79.4 cm³/mol. The molecule has 1 aliphatic rings. The summed E-state index contributed by atoms with van der Waals surface area (Å²) in [5.41, 5.74) is 2.37. The third kappa shape index (κ3) is 2.42. The summed E-state index contributed by atoms with van der Waals surface area (Å²) in [6, 6.07) is 9.26. The van der Waals surface area contributed by atoms with Gasteiger partial charge in [0.15, 0.2) is 0 Å². The second kappa shape index (κ2) is 4.93. The van der Waals surface area contributed by atoms with Crippen molar-refractivity contribution in [1.29, 1.82) is 0 Å². The number of carbonyl (C=O) groups is 1. The van der Waals surface area contributed by atoms with Gasteiger partial charge in [0, 0.05) is 21.2 Å². The van der Waals surface area contributed by atoms with E-state index in [0.717, 1.165) is 5.56 Å². The van der Waals surface area contributed by atoms with Crippen molar-refractivity contribution in [2.75, 3.05) is 5.32 Å². The molecular formula is C15H8Cl2FNO. The minimum atomic E-state index is -0.445. The first-order valence-corrected chi connectivity index (χ1v) is 6.57. The molecule has 0 unspecified atom stereocenters. The van der Waals surface area contributed by atoms with Crippen molar-refractivity contribution in [3.8, 4) is 0 Å². The maximum Gasteiger partial charge on any atom is 0.256 e. The van der Waals surface area contributed by atoms with E-state index in [9.17, 15) is 9.18 Å². The zero-order chi connectivity index (χ0) is 14.3. The zero-order valence-electron chi connectivity index (χ0n) is 10.1. The Morgan fingerprint density at radius 2 is 1.85 bits per heavy atom. The van der Waals surface area contributed by atoms with E-state index in [1.54, 1.807) is 30.3 Å². The van der Waals surface area contributed by atoms with Crippen molar-refractivity contribution in [1.82, 2.24) is 0 Å². The summed E-state index contributed by atoms with van der Waals surface area (Å²) in [7, 11) is 0. The van der Waals surface area contributed by atoms with Crippen LogP contribution < -0.4 is 5.32 Å². The summed E-state index contributed by atoms with van der Waals surface area (Å²) in [4.78, 5) is 12.0. The first kappa shape index (κ1) is 13.2. The maximum absolute atomic E-state index is 13.3. The molecule has 0 aromatic heterocycles. The Hall–Kier alpha value is -1.84. The zero-order valence-corrected chi connectivity index (χ0v) is 11.6. The fraction of sp³-hybridized carbons (Fsp3) is 0. The lowest BCUT2D eigenvalue weighted by molar-refractivity contribution is -0.110. The molecule has 2 aromatic carbocycles. The summed E-state index contributed by atoms with van der Waals surface area (Å²) >= 11 is 11.7. The Morgan fingerprint density at radius 1 is 1.05 bits per heavy atom. The summed E-state index contributed by atoms with van der Waals surface area (Å²) in [5, 5.41) is 3.54. The second-order valence-electron chi connectivity index (χ2n) is 4.40. The van der Waals surface area contributed by atoms with E-state index in [1.807, 2.05) is 0 Å². The van der Waals surface area contributed by atoms with Crippen LogP contribution in [0.1, 0.15) is 11.1 Å². The van der Waals surface area contributed by atoms with Gasteiger partial charge in [-0.1, -0.05) is 29.3 Å². The molecule has 1 heterocycles. The van der Waals surface area contributed by atoms with Crippen molar-refractivity contribution in [3.05, 3.63) is 63.4 Å². The van der Waals surface area contributed by atoms with Gasteiger partial charge in [-0.25, -0.2) is 4.39 Å². The van der Waals surface area contributed by atoms with Gasteiger partial charge in [-0.05, 0) is 42.0 Å². The minimum absolute atomic E-state index is 0.248. The first-order chi connectivity index (χ1) is 9.52. The molecule has 0 atom stereocenters. The number of hydrogen-bond acceptors (Lipinski definition) is 1. The lowest BCUT2D eigenvalue weighted by Gasteiger charge is -2.00. The molecule has 0 aliphatic carbocycles. The molecule has 0 saturated carbocycles. The normalized spacial score (nSPS) is 15.3. The van der Waals surface area contributed by atoms with Crippen molar-refractivity contribution in [2.24, 2.45) is 0 Å². The van der Waals surface area contributed by atoms with Crippen LogP contribution in [0.15, 0.2) is 36.4 Å². The predicted octanol–water partition coefficient (Wildman–Crippen LogP) is 4.63. The maximum atomic E-state index is 13.3. The van der Waals surface area contributed by atoms with Crippen LogP contribution in [0.5, 0.6) is 0 Å². The highest BCUT2D eigenvalue weighted by Crippen LogP contribution is 2.35. The number of rotatable bonds is 1. The Kier molecular flexibility index (Phi) is 3.24. The van der Waals surface area contributed by atoms with Crippen molar-refractivity contribution >= 4 is 46.4 Å². The molecule has 20 heavy (non-hydrogen) atoms. The van der Waals surface area contributed by atoms with Gasteiger partial charge >= 0.3 is 0 Å². The monoisotopic (exact) mass is 307 g/mol. The van der Waals surface area contributed by atoms with E-state index in [-0.39, 0.29) is 10.9 Å². The quantitative estimate of drug-likeness (QED) is 0.765. The average molecular weight is 308 g/mol. The number of carbonyl (C=O) groups excluding carboxylic acids is 1. The highest BCUT2D eigenvalue weighted by molar-refractivity contribution is 6.36. The molecule has 5 heteroatoms. The van der Waals surface area contributed by atoms with E-state index in [0.29, 0.717) is 21.8 Å². The van der Waals surface area contributed by atoms with Crippen molar-refractivity contribution < 1.29 is 9.18 Å². The number of nitrogens with one attached hydrogen (secondary N) is 1. The SMILES string of the molecule is O=C1Nc2cc(Cl)ccc2/C1=C/c1cc(F)cc(Cl)c1. The lowest BCUT2D eigenvalue weighted by atomic mass is 10.0. The van der Waals surface area contributed by atoms with Crippen LogP contribution in [0.25, 0.3) is 11.6 Å². The Morgan fingerprint density at radius 3 is 2.60 bits per heavy atom. The van der Waals surface area contributed by atoms with Crippen molar-refractivity contribution in [3.63, 3.8) is 0 Å².